The maximum Gasteiger partial charge on any atom is 0.264 e. The molecule has 2 aromatic heterocycles. The highest BCUT2D eigenvalue weighted by atomic mass is 32.1. The van der Waals surface area contributed by atoms with Crippen molar-refractivity contribution in [3.63, 3.8) is 0 Å². The number of aliphatic hydroxyl groups is 1. The van der Waals surface area contributed by atoms with Gasteiger partial charge in [0.15, 0.2) is 0 Å². The highest BCUT2D eigenvalue weighted by Crippen LogP contribution is 2.40. The first-order valence-electron chi connectivity index (χ1n) is 7.90. The van der Waals surface area contributed by atoms with Crippen molar-refractivity contribution < 1.29 is 14.7 Å². The predicted molar refractivity (Wildman–Crippen MR) is 92.8 cm³/mol. The van der Waals surface area contributed by atoms with Crippen LogP contribution in [0.3, 0.4) is 0 Å². The average Bonchev–Trinajstić information content (AvgIpc) is 3.33. The van der Waals surface area contributed by atoms with Gasteiger partial charge in [-0.15, -0.1) is 11.3 Å². The van der Waals surface area contributed by atoms with Crippen LogP contribution in [0.4, 0.5) is 5.00 Å². The summed E-state index contributed by atoms with van der Waals surface area (Å²) in [5.74, 6) is -0.223. The minimum atomic E-state index is -0.153. The lowest BCUT2D eigenvalue weighted by atomic mass is 10.1. The van der Waals surface area contributed by atoms with Crippen molar-refractivity contribution in [2.45, 2.75) is 18.9 Å². The normalized spacial score (nSPS) is 21.4. The number of hydrogen-bond donors (Lipinski definition) is 3. The lowest BCUT2D eigenvalue weighted by Gasteiger charge is -2.22. The fourth-order valence-electron chi connectivity index (χ4n) is 3.25. The second kappa shape index (κ2) is 5.92. The maximum atomic E-state index is 12.7. The molecule has 0 aliphatic carbocycles. The number of rotatable bonds is 3. The van der Waals surface area contributed by atoms with E-state index in [0.717, 1.165) is 24.1 Å². The maximum absolute atomic E-state index is 12.7. The summed E-state index contributed by atoms with van der Waals surface area (Å²) in [7, 11) is 0. The van der Waals surface area contributed by atoms with E-state index in [4.69, 9.17) is 0 Å². The van der Waals surface area contributed by atoms with Gasteiger partial charge in [-0.1, -0.05) is 0 Å². The van der Waals surface area contributed by atoms with E-state index in [2.05, 4.69) is 10.3 Å². The zero-order valence-electron chi connectivity index (χ0n) is 12.9. The third kappa shape index (κ3) is 2.46. The van der Waals surface area contributed by atoms with Gasteiger partial charge in [-0.05, 0) is 37.1 Å². The second-order valence-electron chi connectivity index (χ2n) is 5.97. The number of fused-ring (bicyclic) bond motifs is 1. The lowest BCUT2D eigenvalue weighted by molar-refractivity contribution is -0.110. The Morgan fingerprint density at radius 1 is 1.50 bits per heavy atom. The average molecular weight is 343 g/mol. The summed E-state index contributed by atoms with van der Waals surface area (Å²) in [5.41, 5.74) is 2.16. The molecule has 3 N–H and O–H groups in total. The second-order valence-corrected chi connectivity index (χ2v) is 7.02. The fourth-order valence-corrected chi connectivity index (χ4v) is 4.27. The van der Waals surface area contributed by atoms with E-state index in [1.807, 2.05) is 12.1 Å². The van der Waals surface area contributed by atoms with E-state index in [1.54, 1.807) is 23.2 Å². The predicted octanol–water partition coefficient (Wildman–Crippen LogP) is 2.17. The molecule has 2 aliphatic rings. The number of hydrogen-bond acceptors (Lipinski definition) is 4. The number of likely N-dealkylation sites (tertiary alicyclic amines) is 1. The Kier molecular flexibility index (Phi) is 3.74. The number of amides is 2. The van der Waals surface area contributed by atoms with E-state index in [-0.39, 0.29) is 24.5 Å². The number of nitrogens with one attached hydrogen (secondary N) is 2. The largest absolute Gasteiger partial charge is 0.394 e. The number of thiophene rings is 1. The topological polar surface area (TPSA) is 85.4 Å². The Bertz CT molecular complexity index is 822. The van der Waals surface area contributed by atoms with Gasteiger partial charge in [0.05, 0.1) is 23.1 Å². The van der Waals surface area contributed by atoms with Crippen LogP contribution in [0.5, 0.6) is 0 Å². The minimum absolute atomic E-state index is 0.00839. The molecular formula is C17H17N3O3S. The highest BCUT2D eigenvalue weighted by Gasteiger charge is 2.33. The summed E-state index contributed by atoms with van der Waals surface area (Å²) in [6, 6.07) is 5.43. The SMILES string of the molecule is O=C1Nc2sc(C(=O)N3CCC[C@@H]3CO)cc2/C1=C/c1ccc[nH]1. The molecule has 2 aromatic rings. The number of aliphatic hydroxyl groups excluding tert-OH is 1. The zero-order chi connectivity index (χ0) is 16.7. The Hall–Kier alpha value is -2.38. The van der Waals surface area contributed by atoms with Crippen LogP contribution < -0.4 is 5.32 Å². The molecule has 1 fully saturated rings. The number of carbonyl (C=O) groups excluding carboxylic acids is 2. The van der Waals surface area contributed by atoms with Crippen LogP contribution >= 0.6 is 11.3 Å². The van der Waals surface area contributed by atoms with Crippen LogP contribution in [0.2, 0.25) is 0 Å². The Morgan fingerprint density at radius 2 is 2.38 bits per heavy atom. The van der Waals surface area contributed by atoms with E-state index < -0.39 is 0 Å². The van der Waals surface area contributed by atoms with Gasteiger partial charge in [0, 0.05) is 24.0 Å². The summed E-state index contributed by atoms with van der Waals surface area (Å²) < 4.78 is 0. The first-order chi connectivity index (χ1) is 11.7. The number of anilines is 1. The number of aromatic amines is 1. The Labute approximate surface area is 142 Å². The monoisotopic (exact) mass is 343 g/mol. The summed E-state index contributed by atoms with van der Waals surface area (Å²) in [6.45, 7) is 0.662. The van der Waals surface area contributed by atoms with Crippen LogP contribution in [0.25, 0.3) is 11.6 Å². The van der Waals surface area contributed by atoms with E-state index in [9.17, 15) is 14.7 Å². The molecule has 24 heavy (non-hydrogen) atoms. The molecule has 124 valence electrons. The van der Waals surface area contributed by atoms with E-state index in [1.165, 1.54) is 11.3 Å². The number of nitrogens with zero attached hydrogens (tertiary/aromatic N) is 1. The highest BCUT2D eigenvalue weighted by molar-refractivity contribution is 7.18. The molecule has 0 aromatic carbocycles. The van der Waals surface area contributed by atoms with Crippen molar-refractivity contribution in [2.75, 3.05) is 18.5 Å². The van der Waals surface area contributed by atoms with Gasteiger partial charge in [-0.2, -0.15) is 0 Å². The van der Waals surface area contributed by atoms with E-state index >= 15 is 0 Å². The molecule has 4 heterocycles. The standard InChI is InChI=1S/C17H17N3O3S/c21-9-11-4-2-6-20(11)17(23)14-8-13-12(7-10-3-1-5-18-10)15(22)19-16(13)24-14/h1,3,5,7-8,11,18,21H,2,4,6,9H2,(H,19,22)/b12-7-/t11-/m1/s1. The number of carbonyl (C=O) groups is 2. The van der Waals surface area contributed by atoms with Gasteiger partial charge >= 0.3 is 0 Å². The molecule has 0 saturated carbocycles. The summed E-state index contributed by atoms with van der Waals surface area (Å²) in [6.07, 6.45) is 5.33. The molecule has 1 atom stereocenters. The van der Waals surface area contributed by atoms with Gasteiger partial charge in [-0.25, -0.2) is 0 Å². The van der Waals surface area contributed by atoms with Crippen LogP contribution in [0.1, 0.15) is 33.8 Å². The van der Waals surface area contributed by atoms with Crippen LogP contribution in [0.15, 0.2) is 24.4 Å². The molecular weight excluding hydrogens is 326 g/mol. The molecule has 0 spiro atoms. The Morgan fingerprint density at radius 3 is 3.12 bits per heavy atom. The third-order valence-corrected chi connectivity index (χ3v) is 5.51. The van der Waals surface area contributed by atoms with Gasteiger partial charge in [0.2, 0.25) is 0 Å². The number of H-pyrrole nitrogens is 1. The van der Waals surface area contributed by atoms with Crippen molar-refractivity contribution in [3.8, 4) is 0 Å². The van der Waals surface area contributed by atoms with Crippen molar-refractivity contribution in [2.24, 2.45) is 0 Å². The smallest absolute Gasteiger partial charge is 0.264 e. The molecule has 0 radical (unpaired) electrons. The lowest BCUT2D eigenvalue weighted by Crippen LogP contribution is -2.37. The van der Waals surface area contributed by atoms with E-state index in [0.29, 0.717) is 22.0 Å². The summed E-state index contributed by atoms with van der Waals surface area (Å²) in [5, 5.41) is 12.9. The molecule has 4 rings (SSSR count). The first-order valence-corrected chi connectivity index (χ1v) is 8.71. The van der Waals surface area contributed by atoms with Gasteiger partial charge in [-0.3, -0.25) is 9.59 Å². The molecule has 2 aliphatic heterocycles. The van der Waals surface area contributed by atoms with Crippen molar-refractivity contribution in [3.05, 3.63) is 40.5 Å². The Balaban J connectivity index is 1.65. The molecule has 0 unspecified atom stereocenters. The van der Waals surface area contributed by atoms with Crippen molar-refractivity contribution >= 4 is 39.8 Å². The minimum Gasteiger partial charge on any atom is -0.394 e. The van der Waals surface area contributed by atoms with Crippen LogP contribution in [-0.2, 0) is 4.79 Å². The summed E-state index contributed by atoms with van der Waals surface area (Å²) in [4.78, 5) is 30.2. The third-order valence-electron chi connectivity index (χ3n) is 4.48. The van der Waals surface area contributed by atoms with Crippen molar-refractivity contribution in [1.29, 1.82) is 0 Å². The molecule has 6 nitrogen and oxygen atoms in total. The van der Waals surface area contributed by atoms with Gasteiger partial charge in [0.1, 0.15) is 5.00 Å². The molecule has 1 saturated heterocycles. The van der Waals surface area contributed by atoms with Gasteiger partial charge < -0.3 is 20.3 Å². The first kappa shape index (κ1) is 15.2. The van der Waals surface area contributed by atoms with Crippen LogP contribution in [0, 0.1) is 0 Å². The fraction of sp³-hybridized carbons (Fsp3) is 0.294. The van der Waals surface area contributed by atoms with Gasteiger partial charge in [0.25, 0.3) is 11.8 Å². The molecule has 0 bridgehead atoms. The molecule has 2 amide bonds. The van der Waals surface area contributed by atoms with Crippen molar-refractivity contribution in [1.82, 2.24) is 9.88 Å². The zero-order valence-corrected chi connectivity index (χ0v) is 13.7. The number of aromatic nitrogens is 1. The quantitative estimate of drug-likeness (QED) is 0.747. The summed E-state index contributed by atoms with van der Waals surface area (Å²) >= 11 is 1.29. The van der Waals surface area contributed by atoms with Crippen LogP contribution in [-0.4, -0.2) is 46.0 Å². The molecule has 7 heteroatoms.